The molecule has 0 aliphatic rings. The number of ether oxygens (including phenoxy) is 1. The number of carbonyl (C=O) groups excluding carboxylic acids is 2. The molecule has 30 heavy (non-hydrogen) atoms. The molecule has 0 unspecified atom stereocenters. The van der Waals surface area contributed by atoms with E-state index in [4.69, 9.17) is 16.3 Å². The molecule has 0 spiro atoms. The van der Waals surface area contributed by atoms with Crippen molar-refractivity contribution < 1.29 is 14.3 Å². The predicted molar refractivity (Wildman–Crippen MR) is 120 cm³/mol. The van der Waals surface area contributed by atoms with E-state index in [1.54, 1.807) is 24.3 Å². The van der Waals surface area contributed by atoms with E-state index in [2.05, 4.69) is 10.3 Å². The summed E-state index contributed by atoms with van der Waals surface area (Å²) in [6.45, 7) is 5.77. The van der Waals surface area contributed by atoms with Gasteiger partial charge in [0, 0.05) is 10.9 Å². The van der Waals surface area contributed by atoms with Crippen LogP contribution in [0.5, 0.6) is 0 Å². The van der Waals surface area contributed by atoms with Gasteiger partial charge in [-0.15, -0.1) is 11.3 Å². The zero-order chi connectivity index (χ0) is 21.7. The van der Waals surface area contributed by atoms with Crippen LogP contribution in [-0.2, 0) is 16.1 Å². The first kappa shape index (κ1) is 22.0. The number of halogens is 1. The van der Waals surface area contributed by atoms with Gasteiger partial charge in [-0.2, -0.15) is 0 Å². The topological polar surface area (TPSA) is 68.3 Å². The average Bonchev–Trinajstić information content (AvgIpc) is 3.19. The molecule has 1 amide bonds. The summed E-state index contributed by atoms with van der Waals surface area (Å²) in [7, 11) is 0. The van der Waals surface area contributed by atoms with Gasteiger partial charge in [0.1, 0.15) is 17.7 Å². The lowest BCUT2D eigenvalue weighted by Crippen LogP contribution is -2.45. The highest BCUT2D eigenvalue weighted by atomic mass is 35.5. The Morgan fingerprint density at radius 1 is 1.13 bits per heavy atom. The van der Waals surface area contributed by atoms with Crippen LogP contribution in [0.4, 0.5) is 0 Å². The molecule has 0 aliphatic carbocycles. The second kappa shape index (κ2) is 9.87. The number of benzene rings is 2. The molecule has 2 aromatic carbocycles. The van der Waals surface area contributed by atoms with Gasteiger partial charge < -0.3 is 10.1 Å². The summed E-state index contributed by atoms with van der Waals surface area (Å²) in [5, 5.41) is 5.80. The average molecular weight is 443 g/mol. The number of carbonyl (C=O) groups is 2. The summed E-state index contributed by atoms with van der Waals surface area (Å²) >= 11 is 7.58. The minimum atomic E-state index is -0.788. The maximum absolute atomic E-state index is 12.6. The number of aromatic nitrogens is 1. The van der Waals surface area contributed by atoms with Crippen LogP contribution in [0.2, 0.25) is 5.02 Å². The third kappa shape index (κ3) is 5.46. The Hall–Kier alpha value is -2.70. The molecule has 0 saturated carbocycles. The first-order valence-corrected chi connectivity index (χ1v) is 10.8. The van der Waals surface area contributed by atoms with Gasteiger partial charge in [0.2, 0.25) is 0 Å². The van der Waals surface area contributed by atoms with Crippen LogP contribution in [0.25, 0.3) is 10.6 Å². The molecule has 3 aromatic rings. The summed E-state index contributed by atoms with van der Waals surface area (Å²) in [5.41, 5.74) is 3.20. The van der Waals surface area contributed by atoms with Crippen LogP contribution in [0.15, 0.2) is 53.9 Å². The maximum Gasteiger partial charge on any atom is 0.329 e. The number of thiazole rings is 1. The third-order valence-electron chi connectivity index (χ3n) is 4.54. The lowest BCUT2D eigenvalue weighted by atomic mass is 10.0. The van der Waals surface area contributed by atoms with E-state index in [1.165, 1.54) is 16.9 Å². The molecule has 0 aliphatic heterocycles. The molecule has 1 N–H and O–H groups in total. The van der Waals surface area contributed by atoms with E-state index < -0.39 is 17.9 Å². The van der Waals surface area contributed by atoms with Crippen LogP contribution >= 0.6 is 22.9 Å². The van der Waals surface area contributed by atoms with E-state index in [-0.39, 0.29) is 12.5 Å². The van der Waals surface area contributed by atoms with Crippen molar-refractivity contribution in [3.05, 3.63) is 75.8 Å². The molecular weight excluding hydrogens is 420 g/mol. The molecule has 1 aromatic heterocycles. The Bertz CT molecular complexity index is 1030. The number of aryl methyl sites for hydroxylation is 1. The van der Waals surface area contributed by atoms with Crippen molar-refractivity contribution in [2.75, 3.05) is 0 Å². The van der Waals surface area contributed by atoms with Crippen molar-refractivity contribution in [3.63, 3.8) is 0 Å². The van der Waals surface area contributed by atoms with Crippen molar-refractivity contribution in [3.8, 4) is 10.6 Å². The Morgan fingerprint density at radius 3 is 2.50 bits per heavy atom. The highest BCUT2D eigenvalue weighted by molar-refractivity contribution is 7.13. The van der Waals surface area contributed by atoms with E-state index in [9.17, 15) is 9.59 Å². The standard InChI is InChI=1S/C23H23ClN2O3S/c1-14(2)20(26-21(27)18-6-4-5-7-19(18)24)23(28)29-12-17-13-30-22(25-17)16-10-8-15(3)9-11-16/h4-11,13-14,20H,12H2,1-3H3,(H,26,27)/t20-/m0/s1. The van der Waals surface area contributed by atoms with Gasteiger partial charge in [-0.1, -0.05) is 67.4 Å². The number of amides is 1. The molecule has 3 rings (SSSR count). The number of nitrogens with one attached hydrogen (secondary N) is 1. The Kier molecular flexibility index (Phi) is 7.24. The maximum atomic E-state index is 12.6. The molecule has 7 heteroatoms. The second-order valence-corrected chi connectivity index (χ2v) is 8.56. The predicted octanol–water partition coefficient (Wildman–Crippen LogP) is 5.27. The third-order valence-corrected chi connectivity index (χ3v) is 5.81. The SMILES string of the molecule is Cc1ccc(-c2nc(COC(=O)[C@@H](NC(=O)c3ccccc3Cl)C(C)C)cs2)cc1. The van der Waals surface area contributed by atoms with Gasteiger partial charge in [-0.25, -0.2) is 9.78 Å². The summed E-state index contributed by atoms with van der Waals surface area (Å²) in [6.07, 6.45) is 0. The van der Waals surface area contributed by atoms with Crippen LogP contribution in [0.3, 0.4) is 0 Å². The van der Waals surface area contributed by atoms with E-state index in [1.807, 2.05) is 50.4 Å². The number of hydrogen-bond acceptors (Lipinski definition) is 5. The first-order chi connectivity index (χ1) is 14.3. The molecule has 1 heterocycles. The molecule has 0 radical (unpaired) electrons. The van der Waals surface area contributed by atoms with Crippen LogP contribution in [-0.4, -0.2) is 22.9 Å². The van der Waals surface area contributed by atoms with Crippen molar-refractivity contribution in [1.29, 1.82) is 0 Å². The fourth-order valence-corrected chi connectivity index (χ4v) is 3.83. The fourth-order valence-electron chi connectivity index (χ4n) is 2.80. The van der Waals surface area contributed by atoms with Gasteiger partial charge in [0.15, 0.2) is 0 Å². The smallest absolute Gasteiger partial charge is 0.329 e. The first-order valence-electron chi connectivity index (χ1n) is 9.58. The number of nitrogens with zero attached hydrogens (tertiary/aromatic N) is 1. The zero-order valence-electron chi connectivity index (χ0n) is 17.0. The number of esters is 1. The van der Waals surface area contributed by atoms with E-state index >= 15 is 0 Å². The fraction of sp³-hybridized carbons (Fsp3) is 0.261. The van der Waals surface area contributed by atoms with E-state index in [0.717, 1.165) is 10.6 Å². The minimum Gasteiger partial charge on any atom is -0.458 e. The van der Waals surface area contributed by atoms with E-state index in [0.29, 0.717) is 16.3 Å². The number of rotatable bonds is 7. The summed E-state index contributed by atoms with van der Waals surface area (Å²) < 4.78 is 5.44. The van der Waals surface area contributed by atoms with Crippen molar-refractivity contribution >= 4 is 34.8 Å². The lowest BCUT2D eigenvalue weighted by Gasteiger charge is -2.21. The highest BCUT2D eigenvalue weighted by Crippen LogP contribution is 2.24. The monoisotopic (exact) mass is 442 g/mol. The quantitative estimate of drug-likeness (QED) is 0.506. The molecule has 0 bridgehead atoms. The van der Waals surface area contributed by atoms with Gasteiger partial charge in [-0.05, 0) is 25.0 Å². The zero-order valence-corrected chi connectivity index (χ0v) is 18.6. The van der Waals surface area contributed by atoms with Gasteiger partial charge in [-0.3, -0.25) is 4.79 Å². The number of hydrogen-bond donors (Lipinski definition) is 1. The Morgan fingerprint density at radius 2 is 1.83 bits per heavy atom. The largest absolute Gasteiger partial charge is 0.458 e. The molecular formula is C23H23ClN2O3S. The van der Waals surface area contributed by atoms with Crippen molar-refractivity contribution in [2.45, 2.75) is 33.4 Å². The minimum absolute atomic E-state index is 0.0480. The van der Waals surface area contributed by atoms with Crippen molar-refractivity contribution in [1.82, 2.24) is 10.3 Å². The summed E-state index contributed by atoms with van der Waals surface area (Å²) in [4.78, 5) is 29.7. The van der Waals surface area contributed by atoms with Gasteiger partial charge >= 0.3 is 5.97 Å². The Labute approximate surface area is 185 Å². The lowest BCUT2D eigenvalue weighted by molar-refractivity contribution is -0.148. The highest BCUT2D eigenvalue weighted by Gasteiger charge is 2.27. The molecule has 5 nitrogen and oxygen atoms in total. The van der Waals surface area contributed by atoms with Crippen LogP contribution < -0.4 is 5.32 Å². The normalized spacial score (nSPS) is 11.9. The molecule has 156 valence electrons. The second-order valence-electron chi connectivity index (χ2n) is 7.29. The summed E-state index contributed by atoms with van der Waals surface area (Å²) in [6, 6.07) is 14.0. The molecule has 0 fully saturated rings. The molecule has 0 saturated heterocycles. The van der Waals surface area contributed by atoms with Crippen LogP contribution in [0, 0.1) is 12.8 Å². The summed E-state index contributed by atoms with van der Waals surface area (Å²) in [5.74, 6) is -1.07. The Balaban J connectivity index is 1.62. The van der Waals surface area contributed by atoms with Gasteiger partial charge in [0.25, 0.3) is 5.91 Å². The molecule has 1 atom stereocenters. The van der Waals surface area contributed by atoms with Crippen molar-refractivity contribution in [2.24, 2.45) is 5.92 Å². The van der Waals surface area contributed by atoms with Gasteiger partial charge in [0.05, 0.1) is 16.3 Å². The van der Waals surface area contributed by atoms with Crippen LogP contribution in [0.1, 0.15) is 35.5 Å².